The third-order valence-electron chi connectivity index (χ3n) is 2.54. The van der Waals surface area contributed by atoms with Crippen molar-refractivity contribution in [2.24, 2.45) is 0 Å². The molecule has 17 heavy (non-hydrogen) atoms. The molecule has 1 amide bonds. The van der Waals surface area contributed by atoms with Crippen LogP contribution < -0.4 is 5.32 Å². The number of hydrogen-bond acceptors (Lipinski definition) is 3. The average molecular weight is 233 g/mol. The maximum atomic E-state index is 11.9. The number of nitrogens with one attached hydrogen (secondary N) is 2. The highest BCUT2D eigenvalue weighted by molar-refractivity contribution is 6.04. The Labute approximate surface area is 99.2 Å². The van der Waals surface area contributed by atoms with E-state index < -0.39 is 0 Å². The van der Waals surface area contributed by atoms with Crippen molar-refractivity contribution in [3.8, 4) is 0 Å². The number of H-pyrrole nitrogens is 1. The summed E-state index contributed by atoms with van der Waals surface area (Å²) in [6, 6.07) is 3.54. The van der Waals surface area contributed by atoms with E-state index in [1.54, 1.807) is 13.0 Å². The predicted molar refractivity (Wildman–Crippen MR) is 64.1 cm³/mol. The Morgan fingerprint density at radius 2 is 2.24 bits per heavy atom. The summed E-state index contributed by atoms with van der Waals surface area (Å²) in [5.74, 6) is 1.67. The van der Waals surface area contributed by atoms with E-state index in [0.717, 1.165) is 17.9 Å². The van der Waals surface area contributed by atoms with Gasteiger partial charge in [0.1, 0.15) is 11.5 Å². The molecule has 0 atom stereocenters. The van der Waals surface area contributed by atoms with Crippen molar-refractivity contribution in [1.82, 2.24) is 10.2 Å². The molecule has 5 heteroatoms. The van der Waals surface area contributed by atoms with Gasteiger partial charge in [0.25, 0.3) is 5.91 Å². The fraction of sp³-hybridized carbons (Fsp3) is 0.333. The zero-order valence-corrected chi connectivity index (χ0v) is 10.1. The Kier molecular flexibility index (Phi) is 2.99. The summed E-state index contributed by atoms with van der Waals surface area (Å²) in [7, 11) is 0. The van der Waals surface area contributed by atoms with Crippen LogP contribution in [0.3, 0.4) is 0 Å². The number of nitrogens with zero attached hydrogens (tertiary/aromatic N) is 1. The summed E-state index contributed by atoms with van der Waals surface area (Å²) >= 11 is 0. The molecule has 0 unspecified atom stereocenters. The summed E-state index contributed by atoms with van der Waals surface area (Å²) in [6.07, 6.45) is 0.854. The predicted octanol–water partition coefficient (Wildman–Crippen LogP) is 2.43. The molecule has 90 valence electrons. The van der Waals surface area contributed by atoms with Crippen LogP contribution in [0.5, 0.6) is 0 Å². The number of amides is 1. The zero-order chi connectivity index (χ0) is 12.4. The molecule has 0 spiro atoms. The van der Waals surface area contributed by atoms with Crippen LogP contribution in [-0.2, 0) is 6.42 Å². The second-order valence-electron chi connectivity index (χ2n) is 3.91. The smallest absolute Gasteiger partial charge is 0.260 e. The van der Waals surface area contributed by atoms with Crippen LogP contribution in [-0.4, -0.2) is 16.1 Å². The first-order valence-corrected chi connectivity index (χ1v) is 5.52. The standard InChI is InChI=1S/C12H15N3O2/c1-4-9-6-11(15-14-9)13-12(16)10-5-7(2)17-8(10)3/h5-6H,4H2,1-3H3,(H2,13,14,15,16). The fourth-order valence-electron chi connectivity index (χ4n) is 1.65. The molecule has 0 saturated heterocycles. The summed E-state index contributed by atoms with van der Waals surface area (Å²) < 4.78 is 5.31. The maximum absolute atomic E-state index is 11.9. The quantitative estimate of drug-likeness (QED) is 0.855. The molecule has 2 rings (SSSR count). The van der Waals surface area contributed by atoms with E-state index in [1.165, 1.54) is 0 Å². The van der Waals surface area contributed by atoms with Gasteiger partial charge in [-0.1, -0.05) is 6.92 Å². The molecule has 2 aromatic heterocycles. The van der Waals surface area contributed by atoms with Crippen LogP contribution in [0.25, 0.3) is 0 Å². The molecule has 0 fully saturated rings. The number of rotatable bonds is 3. The van der Waals surface area contributed by atoms with E-state index in [4.69, 9.17) is 4.42 Å². The van der Waals surface area contributed by atoms with E-state index in [-0.39, 0.29) is 5.91 Å². The van der Waals surface area contributed by atoms with Gasteiger partial charge in [0, 0.05) is 11.8 Å². The first-order chi connectivity index (χ1) is 8.10. The Bertz CT molecular complexity index is 540. The number of carbonyl (C=O) groups excluding carboxylic acids is 1. The van der Waals surface area contributed by atoms with Crippen molar-refractivity contribution in [1.29, 1.82) is 0 Å². The first kappa shape index (κ1) is 11.4. The molecule has 2 N–H and O–H groups in total. The largest absolute Gasteiger partial charge is 0.466 e. The number of aromatic amines is 1. The molecule has 5 nitrogen and oxygen atoms in total. The van der Waals surface area contributed by atoms with Crippen molar-refractivity contribution < 1.29 is 9.21 Å². The van der Waals surface area contributed by atoms with Crippen molar-refractivity contribution in [2.75, 3.05) is 5.32 Å². The molecule has 0 aromatic carbocycles. The van der Waals surface area contributed by atoms with Crippen molar-refractivity contribution in [2.45, 2.75) is 27.2 Å². The van der Waals surface area contributed by atoms with E-state index in [1.807, 2.05) is 19.9 Å². The average Bonchev–Trinajstić information content (AvgIpc) is 2.85. The van der Waals surface area contributed by atoms with Gasteiger partial charge in [0.15, 0.2) is 5.82 Å². The van der Waals surface area contributed by atoms with Crippen molar-refractivity contribution in [3.63, 3.8) is 0 Å². The zero-order valence-electron chi connectivity index (χ0n) is 10.1. The molecule has 0 saturated carbocycles. The molecule has 0 aliphatic carbocycles. The van der Waals surface area contributed by atoms with Crippen molar-refractivity contribution in [3.05, 3.63) is 34.9 Å². The lowest BCUT2D eigenvalue weighted by Crippen LogP contribution is -2.12. The highest BCUT2D eigenvalue weighted by atomic mass is 16.3. The third-order valence-corrected chi connectivity index (χ3v) is 2.54. The first-order valence-electron chi connectivity index (χ1n) is 5.52. The van der Waals surface area contributed by atoms with E-state index in [9.17, 15) is 4.79 Å². The molecule has 0 aliphatic rings. The van der Waals surface area contributed by atoms with Gasteiger partial charge in [-0.05, 0) is 26.3 Å². The number of hydrogen-bond donors (Lipinski definition) is 2. The van der Waals surface area contributed by atoms with Gasteiger partial charge in [-0.15, -0.1) is 0 Å². The Morgan fingerprint density at radius 1 is 1.47 bits per heavy atom. The van der Waals surface area contributed by atoms with Gasteiger partial charge in [-0.2, -0.15) is 5.10 Å². The van der Waals surface area contributed by atoms with Crippen LogP contribution in [0.15, 0.2) is 16.5 Å². The Balaban J connectivity index is 2.14. The summed E-state index contributed by atoms with van der Waals surface area (Å²) in [4.78, 5) is 11.9. The van der Waals surface area contributed by atoms with Crippen LogP contribution >= 0.6 is 0 Å². The lowest BCUT2D eigenvalue weighted by Gasteiger charge is -1.98. The Hall–Kier alpha value is -2.04. The SMILES string of the molecule is CCc1cc(NC(=O)c2cc(C)oc2C)n[nH]1. The van der Waals surface area contributed by atoms with Crippen LogP contribution in [0, 0.1) is 13.8 Å². The third kappa shape index (κ3) is 2.38. The molecule has 0 aliphatic heterocycles. The molecule has 2 aromatic rings. The topological polar surface area (TPSA) is 70.9 Å². The number of furan rings is 1. The van der Waals surface area contributed by atoms with Gasteiger partial charge < -0.3 is 9.73 Å². The second kappa shape index (κ2) is 4.45. The second-order valence-corrected chi connectivity index (χ2v) is 3.91. The highest BCUT2D eigenvalue weighted by Crippen LogP contribution is 2.15. The van der Waals surface area contributed by atoms with Crippen LogP contribution in [0.4, 0.5) is 5.82 Å². The maximum Gasteiger partial charge on any atom is 0.260 e. The van der Waals surface area contributed by atoms with E-state index in [0.29, 0.717) is 17.1 Å². The fourth-order valence-corrected chi connectivity index (χ4v) is 1.65. The molecule has 0 bridgehead atoms. The minimum absolute atomic E-state index is 0.200. The van der Waals surface area contributed by atoms with E-state index in [2.05, 4.69) is 15.5 Å². The lowest BCUT2D eigenvalue weighted by atomic mass is 10.2. The highest BCUT2D eigenvalue weighted by Gasteiger charge is 2.14. The van der Waals surface area contributed by atoms with Gasteiger partial charge >= 0.3 is 0 Å². The van der Waals surface area contributed by atoms with Gasteiger partial charge in [0.2, 0.25) is 0 Å². The van der Waals surface area contributed by atoms with Gasteiger partial charge in [-0.25, -0.2) is 0 Å². The minimum atomic E-state index is -0.200. The van der Waals surface area contributed by atoms with Crippen LogP contribution in [0.2, 0.25) is 0 Å². The molecular formula is C12H15N3O2. The summed E-state index contributed by atoms with van der Waals surface area (Å²) in [5.41, 5.74) is 1.53. The van der Waals surface area contributed by atoms with Gasteiger partial charge in [0.05, 0.1) is 5.56 Å². The van der Waals surface area contributed by atoms with E-state index >= 15 is 0 Å². The normalized spacial score (nSPS) is 10.5. The van der Waals surface area contributed by atoms with Crippen LogP contribution in [0.1, 0.15) is 34.5 Å². The molecule has 2 heterocycles. The monoisotopic (exact) mass is 233 g/mol. The van der Waals surface area contributed by atoms with Gasteiger partial charge in [-0.3, -0.25) is 9.89 Å². The number of aryl methyl sites for hydroxylation is 3. The molecular weight excluding hydrogens is 218 g/mol. The lowest BCUT2D eigenvalue weighted by molar-refractivity contribution is 0.102. The summed E-state index contributed by atoms with van der Waals surface area (Å²) in [6.45, 7) is 5.60. The molecule has 0 radical (unpaired) electrons. The van der Waals surface area contributed by atoms with Crippen molar-refractivity contribution >= 4 is 11.7 Å². The number of carbonyl (C=O) groups is 1. The Morgan fingerprint density at radius 3 is 2.76 bits per heavy atom. The number of anilines is 1. The minimum Gasteiger partial charge on any atom is -0.466 e. The summed E-state index contributed by atoms with van der Waals surface area (Å²) in [5, 5.41) is 9.57. The number of aromatic nitrogens is 2.